The fraction of sp³-hybridized carbons (Fsp3) is 0.294. The van der Waals surface area contributed by atoms with Crippen molar-refractivity contribution in [2.24, 2.45) is 5.16 Å². The van der Waals surface area contributed by atoms with Gasteiger partial charge >= 0.3 is 0 Å². The van der Waals surface area contributed by atoms with Gasteiger partial charge in [0.15, 0.2) is 0 Å². The molecule has 1 fully saturated rings. The van der Waals surface area contributed by atoms with Crippen molar-refractivity contribution < 1.29 is 10.0 Å². The summed E-state index contributed by atoms with van der Waals surface area (Å²) in [5, 5.41) is 14.3. The summed E-state index contributed by atoms with van der Waals surface area (Å²) in [7, 11) is 0. The van der Waals surface area contributed by atoms with Gasteiger partial charge in [-0.25, -0.2) is 0 Å². The number of amides is 1. The average Bonchev–Trinajstić information content (AvgIpc) is 2.55. The molecule has 0 aromatic heterocycles. The van der Waals surface area contributed by atoms with Gasteiger partial charge in [0.1, 0.15) is 0 Å². The number of hydrogen-bond donors (Lipinski definition) is 1. The number of fused-ring (bicyclic) bond motifs is 1. The molecule has 0 saturated carbocycles. The second-order valence-corrected chi connectivity index (χ2v) is 5.41. The highest BCUT2D eigenvalue weighted by Crippen LogP contribution is 2.17. The smallest absolute Gasteiger partial charge is 0.227 e. The molecule has 2 aromatic carbocycles. The van der Waals surface area contributed by atoms with Gasteiger partial charge in [0.05, 0.1) is 12.1 Å². The van der Waals surface area contributed by atoms with E-state index in [1.54, 1.807) is 0 Å². The third-order valence-electron chi connectivity index (χ3n) is 4.00. The fourth-order valence-corrected chi connectivity index (χ4v) is 2.75. The van der Waals surface area contributed by atoms with Crippen molar-refractivity contribution >= 4 is 22.4 Å². The van der Waals surface area contributed by atoms with E-state index in [4.69, 9.17) is 5.21 Å². The Bertz CT molecular complexity index is 684. The van der Waals surface area contributed by atoms with E-state index in [1.807, 2.05) is 23.1 Å². The number of oxime groups is 1. The molecule has 0 radical (unpaired) electrons. The Morgan fingerprint density at radius 1 is 1.10 bits per heavy atom. The van der Waals surface area contributed by atoms with E-state index in [0.717, 1.165) is 16.7 Å². The molecule has 1 heterocycles. The Labute approximate surface area is 123 Å². The Morgan fingerprint density at radius 3 is 2.52 bits per heavy atom. The van der Waals surface area contributed by atoms with E-state index in [-0.39, 0.29) is 5.91 Å². The lowest BCUT2D eigenvalue weighted by Crippen LogP contribution is -2.39. The average molecular weight is 282 g/mol. The summed E-state index contributed by atoms with van der Waals surface area (Å²) in [6.45, 7) is 1.29. The van der Waals surface area contributed by atoms with Crippen LogP contribution < -0.4 is 0 Å². The zero-order chi connectivity index (χ0) is 14.7. The van der Waals surface area contributed by atoms with Gasteiger partial charge in [-0.15, -0.1) is 0 Å². The van der Waals surface area contributed by atoms with Crippen LogP contribution in [0.1, 0.15) is 18.4 Å². The number of rotatable bonds is 2. The van der Waals surface area contributed by atoms with Crippen LogP contribution in [0.3, 0.4) is 0 Å². The van der Waals surface area contributed by atoms with Crippen LogP contribution in [-0.4, -0.2) is 34.8 Å². The first kappa shape index (κ1) is 13.6. The number of carbonyl (C=O) groups excluding carboxylic acids is 1. The molecule has 2 aromatic rings. The van der Waals surface area contributed by atoms with Crippen LogP contribution in [-0.2, 0) is 11.2 Å². The maximum absolute atomic E-state index is 12.3. The largest absolute Gasteiger partial charge is 0.411 e. The Balaban J connectivity index is 1.69. The van der Waals surface area contributed by atoms with Gasteiger partial charge in [0.25, 0.3) is 0 Å². The summed E-state index contributed by atoms with van der Waals surface area (Å²) >= 11 is 0. The SMILES string of the molecule is O=C(Cc1ccc2ccccc2c1)N1CCC(=NO)CC1. The van der Waals surface area contributed by atoms with E-state index in [1.165, 1.54) is 5.39 Å². The summed E-state index contributed by atoms with van der Waals surface area (Å²) in [5.41, 5.74) is 1.82. The van der Waals surface area contributed by atoms with Crippen LogP contribution in [0.2, 0.25) is 0 Å². The topological polar surface area (TPSA) is 52.9 Å². The lowest BCUT2D eigenvalue weighted by atomic mass is 10.0. The number of carbonyl (C=O) groups is 1. The van der Waals surface area contributed by atoms with Gasteiger partial charge in [-0.3, -0.25) is 4.79 Å². The molecule has 0 bridgehead atoms. The van der Waals surface area contributed by atoms with E-state index in [0.29, 0.717) is 32.4 Å². The van der Waals surface area contributed by atoms with E-state index in [9.17, 15) is 4.79 Å². The Morgan fingerprint density at radius 2 is 1.81 bits per heavy atom. The lowest BCUT2D eigenvalue weighted by Gasteiger charge is -2.27. The van der Waals surface area contributed by atoms with E-state index < -0.39 is 0 Å². The van der Waals surface area contributed by atoms with Crippen molar-refractivity contribution in [1.29, 1.82) is 0 Å². The number of piperidine rings is 1. The van der Waals surface area contributed by atoms with Crippen molar-refractivity contribution in [2.45, 2.75) is 19.3 Å². The van der Waals surface area contributed by atoms with Crippen molar-refractivity contribution in [3.8, 4) is 0 Å². The predicted molar refractivity (Wildman–Crippen MR) is 82.7 cm³/mol. The van der Waals surface area contributed by atoms with Gasteiger partial charge < -0.3 is 10.1 Å². The summed E-state index contributed by atoms with van der Waals surface area (Å²) in [6, 6.07) is 14.3. The molecule has 4 heteroatoms. The summed E-state index contributed by atoms with van der Waals surface area (Å²) in [4.78, 5) is 14.2. The third kappa shape index (κ3) is 3.05. The molecule has 0 spiro atoms. The van der Waals surface area contributed by atoms with E-state index >= 15 is 0 Å². The third-order valence-corrected chi connectivity index (χ3v) is 4.00. The van der Waals surface area contributed by atoms with Crippen LogP contribution in [0.15, 0.2) is 47.6 Å². The summed E-state index contributed by atoms with van der Waals surface area (Å²) in [6.07, 6.45) is 1.76. The minimum Gasteiger partial charge on any atom is -0.411 e. The molecule has 4 nitrogen and oxygen atoms in total. The maximum Gasteiger partial charge on any atom is 0.227 e. The van der Waals surface area contributed by atoms with Crippen molar-refractivity contribution in [2.75, 3.05) is 13.1 Å². The monoisotopic (exact) mass is 282 g/mol. The van der Waals surface area contributed by atoms with Gasteiger partial charge in [0.2, 0.25) is 5.91 Å². The molecular formula is C17H18N2O2. The van der Waals surface area contributed by atoms with Gasteiger partial charge in [-0.1, -0.05) is 47.6 Å². The molecule has 21 heavy (non-hydrogen) atoms. The number of hydrogen-bond acceptors (Lipinski definition) is 3. The molecule has 1 amide bonds. The minimum atomic E-state index is 0.141. The normalized spacial score (nSPS) is 15.2. The zero-order valence-electron chi connectivity index (χ0n) is 11.8. The first-order chi connectivity index (χ1) is 10.3. The molecule has 0 aliphatic carbocycles. The highest BCUT2D eigenvalue weighted by Gasteiger charge is 2.20. The van der Waals surface area contributed by atoms with Crippen LogP contribution in [0.25, 0.3) is 10.8 Å². The van der Waals surface area contributed by atoms with Crippen molar-refractivity contribution in [1.82, 2.24) is 4.90 Å². The standard InChI is InChI=1S/C17H18N2O2/c20-17(19-9-7-16(18-21)8-10-19)12-13-5-6-14-3-1-2-4-15(14)11-13/h1-6,11,21H,7-10,12H2. The Kier molecular flexibility index (Phi) is 3.86. The number of likely N-dealkylation sites (tertiary alicyclic amines) is 1. The highest BCUT2D eigenvalue weighted by atomic mass is 16.4. The summed E-state index contributed by atoms with van der Waals surface area (Å²) in [5.74, 6) is 0.141. The molecule has 3 rings (SSSR count). The summed E-state index contributed by atoms with van der Waals surface area (Å²) < 4.78 is 0. The molecular weight excluding hydrogens is 264 g/mol. The van der Waals surface area contributed by atoms with Crippen LogP contribution in [0.4, 0.5) is 0 Å². The quantitative estimate of drug-likeness (QED) is 0.680. The molecule has 1 N–H and O–H groups in total. The first-order valence-corrected chi connectivity index (χ1v) is 7.21. The number of benzene rings is 2. The molecule has 0 atom stereocenters. The molecule has 0 unspecified atom stereocenters. The highest BCUT2D eigenvalue weighted by molar-refractivity contribution is 5.88. The molecule has 1 aliphatic rings. The molecule has 108 valence electrons. The maximum atomic E-state index is 12.3. The van der Waals surface area contributed by atoms with Crippen molar-refractivity contribution in [3.05, 3.63) is 48.0 Å². The molecule has 1 aliphatic heterocycles. The lowest BCUT2D eigenvalue weighted by molar-refractivity contribution is -0.130. The second kappa shape index (κ2) is 5.95. The van der Waals surface area contributed by atoms with E-state index in [2.05, 4.69) is 29.4 Å². The first-order valence-electron chi connectivity index (χ1n) is 7.21. The fourth-order valence-electron chi connectivity index (χ4n) is 2.75. The van der Waals surface area contributed by atoms with Crippen LogP contribution >= 0.6 is 0 Å². The second-order valence-electron chi connectivity index (χ2n) is 5.41. The van der Waals surface area contributed by atoms with Crippen LogP contribution in [0, 0.1) is 0 Å². The van der Waals surface area contributed by atoms with Gasteiger partial charge in [-0.05, 0) is 16.3 Å². The zero-order valence-corrected chi connectivity index (χ0v) is 11.8. The van der Waals surface area contributed by atoms with Gasteiger partial charge in [-0.2, -0.15) is 0 Å². The molecule has 1 saturated heterocycles. The van der Waals surface area contributed by atoms with Gasteiger partial charge in [0, 0.05) is 25.9 Å². The minimum absolute atomic E-state index is 0.141. The predicted octanol–water partition coefficient (Wildman–Crippen LogP) is 2.83. The number of nitrogens with zero attached hydrogens (tertiary/aromatic N) is 2. The van der Waals surface area contributed by atoms with Crippen molar-refractivity contribution in [3.63, 3.8) is 0 Å². The van der Waals surface area contributed by atoms with Crippen LogP contribution in [0.5, 0.6) is 0 Å². The Hall–Kier alpha value is -2.36.